The van der Waals surface area contributed by atoms with Gasteiger partial charge < -0.3 is 15.3 Å². The molecule has 112 valence electrons. The van der Waals surface area contributed by atoms with Crippen LogP contribution in [0.2, 0.25) is 0 Å². The average molecular weight is 280 g/mol. The van der Waals surface area contributed by atoms with Crippen molar-refractivity contribution in [2.24, 2.45) is 5.92 Å². The minimum absolute atomic E-state index is 0.132. The zero-order chi connectivity index (χ0) is 14.5. The molecule has 0 bridgehead atoms. The van der Waals surface area contributed by atoms with E-state index in [1.165, 1.54) is 6.07 Å². The fourth-order valence-corrected chi connectivity index (χ4v) is 2.47. The van der Waals surface area contributed by atoms with E-state index in [0.29, 0.717) is 25.0 Å². The van der Waals surface area contributed by atoms with E-state index in [-0.39, 0.29) is 12.4 Å². The summed E-state index contributed by atoms with van der Waals surface area (Å²) >= 11 is 0. The summed E-state index contributed by atoms with van der Waals surface area (Å²) < 4.78 is 13.5. The molecule has 0 radical (unpaired) electrons. The van der Waals surface area contributed by atoms with Gasteiger partial charge in [-0.1, -0.05) is 13.8 Å². The van der Waals surface area contributed by atoms with Crippen LogP contribution in [0.25, 0.3) is 0 Å². The molecular formula is C16H25FN2O. The zero-order valence-electron chi connectivity index (χ0n) is 12.4. The van der Waals surface area contributed by atoms with Gasteiger partial charge in [0, 0.05) is 24.8 Å². The van der Waals surface area contributed by atoms with E-state index in [0.717, 1.165) is 30.6 Å². The number of aliphatic hydroxyl groups is 1. The molecule has 0 aromatic heterocycles. The van der Waals surface area contributed by atoms with Gasteiger partial charge in [-0.2, -0.15) is 0 Å². The number of nitrogens with zero attached hydrogens (tertiary/aromatic N) is 1. The minimum Gasteiger partial charge on any atom is -0.395 e. The summed E-state index contributed by atoms with van der Waals surface area (Å²) in [5.41, 5.74) is 2.03. The SMILES string of the molecule is CC(C)CNCc1cc(F)ccc1N(CCO)C1CC1. The number of hydrogen-bond acceptors (Lipinski definition) is 3. The Hall–Kier alpha value is -1.13. The van der Waals surface area contributed by atoms with E-state index in [1.807, 2.05) is 6.07 Å². The van der Waals surface area contributed by atoms with Gasteiger partial charge in [0.05, 0.1) is 6.61 Å². The largest absolute Gasteiger partial charge is 0.395 e. The van der Waals surface area contributed by atoms with E-state index in [9.17, 15) is 9.50 Å². The molecule has 0 atom stereocenters. The first-order chi connectivity index (χ1) is 9.61. The van der Waals surface area contributed by atoms with Crippen molar-refractivity contribution in [2.45, 2.75) is 39.3 Å². The number of nitrogens with one attached hydrogen (secondary N) is 1. The van der Waals surface area contributed by atoms with Gasteiger partial charge in [-0.15, -0.1) is 0 Å². The van der Waals surface area contributed by atoms with Crippen molar-refractivity contribution in [1.82, 2.24) is 5.32 Å². The summed E-state index contributed by atoms with van der Waals surface area (Å²) in [7, 11) is 0. The number of halogens is 1. The van der Waals surface area contributed by atoms with Gasteiger partial charge in [-0.3, -0.25) is 0 Å². The Balaban J connectivity index is 2.13. The number of rotatable bonds is 8. The maximum Gasteiger partial charge on any atom is 0.123 e. The Morgan fingerprint density at radius 3 is 2.75 bits per heavy atom. The number of hydrogen-bond donors (Lipinski definition) is 2. The molecule has 1 aliphatic rings. The van der Waals surface area contributed by atoms with Crippen LogP contribution in [-0.4, -0.2) is 30.8 Å². The topological polar surface area (TPSA) is 35.5 Å². The monoisotopic (exact) mass is 280 g/mol. The van der Waals surface area contributed by atoms with Crippen molar-refractivity contribution >= 4 is 5.69 Å². The molecule has 1 saturated carbocycles. The van der Waals surface area contributed by atoms with Crippen LogP contribution in [0.15, 0.2) is 18.2 Å². The van der Waals surface area contributed by atoms with Crippen molar-refractivity contribution < 1.29 is 9.50 Å². The van der Waals surface area contributed by atoms with Gasteiger partial charge in [-0.25, -0.2) is 4.39 Å². The summed E-state index contributed by atoms with van der Waals surface area (Å²) in [6.07, 6.45) is 2.33. The Labute approximate surface area is 120 Å². The summed E-state index contributed by atoms with van der Waals surface area (Å²) in [6, 6.07) is 5.47. The summed E-state index contributed by atoms with van der Waals surface area (Å²) in [5.74, 6) is 0.374. The fraction of sp³-hybridized carbons (Fsp3) is 0.625. The fourth-order valence-electron chi connectivity index (χ4n) is 2.47. The lowest BCUT2D eigenvalue weighted by Gasteiger charge is -2.26. The highest BCUT2D eigenvalue weighted by Crippen LogP contribution is 2.33. The van der Waals surface area contributed by atoms with E-state index in [2.05, 4.69) is 24.1 Å². The second kappa shape index (κ2) is 7.04. The van der Waals surface area contributed by atoms with Crippen molar-refractivity contribution in [3.8, 4) is 0 Å². The third kappa shape index (κ3) is 4.18. The average Bonchev–Trinajstić information content (AvgIpc) is 3.21. The molecule has 4 heteroatoms. The van der Waals surface area contributed by atoms with E-state index < -0.39 is 0 Å². The molecule has 1 aromatic rings. The normalized spacial score (nSPS) is 14.8. The third-order valence-corrected chi connectivity index (χ3v) is 3.55. The molecule has 2 rings (SSSR count). The molecule has 0 amide bonds. The molecule has 1 aliphatic carbocycles. The third-order valence-electron chi connectivity index (χ3n) is 3.55. The quantitative estimate of drug-likeness (QED) is 0.768. The van der Waals surface area contributed by atoms with Crippen LogP contribution >= 0.6 is 0 Å². The van der Waals surface area contributed by atoms with Crippen molar-refractivity contribution in [3.63, 3.8) is 0 Å². The molecule has 0 aliphatic heterocycles. The lowest BCUT2D eigenvalue weighted by Crippen LogP contribution is -2.31. The van der Waals surface area contributed by atoms with Crippen LogP contribution in [0.3, 0.4) is 0 Å². The number of aliphatic hydroxyl groups excluding tert-OH is 1. The van der Waals surface area contributed by atoms with Crippen molar-refractivity contribution in [3.05, 3.63) is 29.6 Å². The van der Waals surface area contributed by atoms with Gasteiger partial charge in [-0.05, 0) is 49.1 Å². The van der Waals surface area contributed by atoms with E-state index >= 15 is 0 Å². The second-order valence-electron chi connectivity index (χ2n) is 5.95. The van der Waals surface area contributed by atoms with Crippen LogP contribution < -0.4 is 10.2 Å². The first kappa shape index (κ1) is 15.3. The van der Waals surface area contributed by atoms with E-state index in [1.54, 1.807) is 6.07 Å². The zero-order valence-corrected chi connectivity index (χ0v) is 12.4. The molecule has 20 heavy (non-hydrogen) atoms. The first-order valence-electron chi connectivity index (χ1n) is 7.48. The molecule has 2 N–H and O–H groups in total. The molecule has 1 fully saturated rings. The number of anilines is 1. The van der Waals surface area contributed by atoms with Crippen LogP contribution in [0, 0.1) is 11.7 Å². The lowest BCUT2D eigenvalue weighted by molar-refractivity contribution is 0.301. The van der Waals surface area contributed by atoms with Gasteiger partial charge in [0.1, 0.15) is 5.82 Å². The lowest BCUT2D eigenvalue weighted by atomic mass is 10.1. The second-order valence-corrected chi connectivity index (χ2v) is 5.95. The van der Waals surface area contributed by atoms with Crippen LogP contribution in [-0.2, 0) is 6.54 Å². The molecule has 0 heterocycles. The summed E-state index contributed by atoms with van der Waals surface area (Å²) in [5, 5.41) is 12.6. The van der Waals surface area contributed by atoms with Gasteiger partial charge >= 0.3 is 0 Å². The first-order valence-corrected chi connectivity index (χ1v) is 7.48. The molecule has 1 aromatic carbocycles. The van der Waals surface area contributed by atoms with Crippen LogP contribution in [0.4, 0.5) is 10.1 Å². The molecule has 0 saturated heterocycles. The van der Waals surface area contributed by atoms with E-state index in [4.69, 9.17) is 0 Å². The maximum atomic E-state index is 13.5. The van der Waals surface area contributed by atoms with Crippen molar-refractivity contribution in [1.29, 1.82) is 0 Å². The standard InChI is InChI=1S/C16H25FN2O/c1-12(2)10-18-11-13-9-14(17)3-6-16(13)19(7-8-20)15-4-5-15/h3,6,9,12,15,18,20H,4-5,7-8,10-11H2,1-2H3. The number of benzene rings is 1. The Bertz CT molecular complexity index is 432. The highest BCUT2D eigenvalue weighted by molar-refractivity contribution is 5.55. The highest BCUT2D eigenvalue weighted by atomic mass is 19.1. The Kier molecular flexibility index (Phi) is 5.38. The van der Waals surface area contributed by atoms with Gasteiger partial charge in [0.2, 0.25) is 0 Å². The maximum absolute atomic E-state index is 13.5. The molecule has 0 unspecified atom stereocenters. The van der Waals surface area contributed by atoms with Gasteiger partial charge in [0.25, 0.3) is 0 Å². The highest BCUT2D eigenvalue weighted by Gasteiger charge is 2.30. The smallest absolute Gasteiger partial charge is 0.123 e. The van der Waals surface area contributed by atoms with Crippen LogP contribution in [0.1, 0.15) is 32.3 Å². The van der Waals surface area contributed by atoms with Crippen molar-refractivity contribution in [2.75, 3.05) is 24.6 Å². The molecule has 3 nitrogen and oxygen atoms in total. The minimum atomic E-state index is -0.199. The molecule has 0 spiro atoms. The van der Waals surface area contributed by atoms with Crippen LogP contribution in [0.5, 0.6) is 0 Å². The predicted octanol–water partition coefficient (Wildman–Crippen LogP) is 2.53. The van der Waals surface area contributed by atoms with Gasteiger partial charge in [0.15, 0.2) is 0 Å². The Morgan fingerprint density at radius 1 is 1.40 bits per heavy atom. The summed E-state index contributed by atoms with van der Waals surface area (Å²) in [4.78, 5) is 2.21. The molecular weight excluding hydrogens is 255 g/mol. The predicted molar refractivity (Wildman–Crippen MR) is 80.4 cm³/mol. The summed E-state index contributed by atoms with van der Waals surface area (Å²) in [6.45, 7) is 6.64. The Morgan fingerprint density at radius 2 is 2.15 bits per heavy atom.